The smallest absolute Gasteiger partial charge is 0.338 e. The lowest BCUT2D eigenvalue weighted by Crippen LogP contribution is -2.07. The molecule has 4 nitrogen and oxygen atoms in total. The van der Waals surface area contributed by atoms with Gasteiger partial charge in [-0.3, -0.25) is 0 Å². The molecule has 5 heteroatoms. The number of ether oxygens (including phenoxy) is 2. The Hall–Kier alpha value is -3.99. The Labute approximate surface area is 200 Å². The van der Waals surface area contributed by atoms with Gasteiger partial charge in [0, 0.05) is 16.7 Å². The average Bonchev–Trinajstić information content (AvgIpc) is 2.81. The Balaban J connectivity index is 1.94. The Bertz CT molecular complexity index is 1140. The summed E-state index contributed by atoms with van der Waals surface area (Å²) in [4.78, 5) is 23.0. The van der Waals surface area contributed by atoms with Crippen LogP contribution in [0.3, 0.4) is 0 Å². The average molecular weight is 461 g/mol. The number of rotatable bonds is 11. The standard InChI is InChI=1S/C29H29FO4/c1-19(2)28(31)33-17-7-8-23-9-11-24(12-10-23)21(5)18-27(30)22(6)25-13-15-26(16-14-25)34-29(32)20(3)4/h9-16,18H,1,3,5-8,17H2,2,4H3/b27-18+. The number of allylic oxidation sites excluding steroid dienone is 4. The molecule has 0 bridgehead atoms. The Kier molecular flexibility index (Phi) is 9.50. The zero-order valence-electron chi connectivity index (χ0n) is 19.7. The molecule has 0 radical (unpaired) electrons. The lowest BCUT2D eigenvalue weighted by atomic mass is 10.0. The van der Waals surface area contributed by atoms with Crippen LogP contribution in [0, 0.1) is 0 Å². The summed E-state index contributed by atoms with van der Waals surface area (Å²) in [6, 6.07) is 14.0. The molecule has 2 rings (SSSR count). The quantitative estimate of drug-likeness (QED) is 0.122. The topological polar surface area (TPSA) is 52.6 Å². The van der Waals surface area contributed by atoms with Crippen molar-refractivity contribution in [3.63, 3.8) is 0 Å². The van der Waals surface area contributed by atoms with E-state index in [9.17, 15) is 14.0 Å². The van der Waals surface area contributed by atoms with Crippen LogP contribution >= 0.6 is 0 Å². The number of aryl methyl sites for hydroxylation is 1. The number of hydrogen-bond donors (Lipinski definition) is 0. The van der Waals surface area contributed by atoms with Crippen LogP contribution in [-0.2, 0) is 20.7 Å². The minimum Gasteiger partial charge on any atom is -0.462 e. The molecule has 2 aromatic carbocycles. The molecular weight excluding hydrogens is 431 g/mol. The lowest BCUT2D eigenvalue weighted by Gasteiger charge is -2.08. The monoisotopic (exact) mass is 460 g/mol. The van der Waals surface area contributed by atoms with E-state index in [4.69, 9.17) is 9.47 Å². The molecule has 0 amide bonds. The Morgan fingerprint density at radius 1 is 0.853 bits per heavy atom. The molecule has 0 N–H and O–H groups in total. The van der Waals surface area contributed by atoms with E-state index < -0.39 is 11.8 Å². The Morgan fingerprint density at radius 3 is 1.97 bits per heavy atom. The fourth-order valence-corrected chi connectivity index (χ4v) is 2.83. The number of benzene rings is 2. The van der Waals surface area contributed by atoms with Gasteiger partial charge in [-0.2, -0.15) is 0 Å². The number of carbonyl (C=O) groups excluding carboxylic acids is 2. The zero-order valence-corrected chi connectivity index (χ0v) is 19.7. The summed E-state index contributed by atoms with van der Waals surface area (Å²) in [5.41, 5.74) is 3.78. The highest BCUT2D eigenvalue weighted by Gasteiger charge is 2.09. The van der Waals surface area contributed by atoms with Gasteiger partial charge < -0.3 is 9.47 Å². The molecule has 0 aliphatic rings. The van der Waals surface area contributed by atoms with Crippen molar-refractivity contribution in [1.82, 2.24) is 0 Å². The fourth-order valence-electron chi connectivity index (χ4n) is 2.83. The van der Waals surface area contributed by atoms with Crippen LogP contribution in [-0.4, -0.2) is 18.5 Å². The third-order valence-electron chi connectivity index (χ3n) is 4.87. The minimum atomic E-state index is -0.522. The summed E-state index contributed by atoms with van der Waals surface area (Å²) in [5, 5.41) is 0. The van der Waals surface area contributed by atoms with E-state index in [-0.39, 0.29) is 17.1 Å². The molecule has 0 aliphatic carbocycles. The number of esters is 2. The normalized spacial score (nSPS) is 10.9. The van der Waals surface area contributed by atoms with Crippen molar-refractivity contribution in [2.45, 2.75) is 26.7 Å². The summed E-state index contributed by atoms with van der Waals surface area (Å²) in [5.74, 6) is -1.08. The van der Waals surface area contributed by atoms with E-state index in [0.717, 1.165) is 17.5 Å². The van der Waals surface area contributed by atoms with Gasteiger partial charge in [0.2, 0.25) is 0 Å². The van der Waals surface area contributed by atoms with Gasteiger partial charge in [-0.05, 0) is 67.2 Å². The predicted octanol–water partition coefficient (Wildman–Crippen LogP) is 6.80. The van der Waals surface area contributed by atoms with Crippen molar-refractivity contribution in [3.8, 4) is 5.75 Å². The van der Waals surface area contributed by atoms with Gasteiger partial charge in [-0.1, -0.05) is 62.7 Å². The zero-order chi connectivity index (χ0) is 25.3. The SMILES string of the molecule is C=C(C)C(=O)OCCCc1ccc(C(=C)/C=C(/F)C(=C)c2ccc(OC(=O)C(=C)C)cc2)cc1. The van der Waals surface area contributed by atoms with Gasteiger partial charge in [0.15, 0.2) is 0 Å². The van der Waals surface area contributed by atoms with Crippen molar-refractivity contribution >= 4 is 23.1 Å². The van der Waals surface area contributed by atoms with Gasteiger partial charge in [0.05, 0.1) is 6.61 Å². The van der Waals surface area contributed by atoms with Crippen LogP contribution in [0.2, 0.25) is 0 Å². The van der Waals surface area contributed by atoms with Crippen molar-refractivity contribution in [2.75, 3.05) is 6.61 Å². The van der Waals surface area contributed by atoms with Crippen LogP contribution in [0.4, 0.5) is 4.39 Å². The summed E-state index contributed by atoms with van der Waals surface area (Å²) < 4.78 is 25.0. The summed E-state index contributed by atoms with van der Waals surface area (Å²) in [6.45, 7) is 18.4. The third kappa shape index (κ3) is 7.85. The molecule has 0 unspecified atom stereocenters. The largest absolute Gasteiger partial charge is 0.462 e. The maximum absolute atomic E-state index is 14.8. The Morgan fingerprint density at radius 2 is 1.41 bits per heavy atom. The van der Waals surface area contributed by atoms with Crippen molar-refractivity contribution < 1.29 is 23.5 Å². The second-order valence-electron chi connectivity index (χ2n) is 7.91. The molecule has 0 aliphatic heterocycles. The van der Waals surface area contributed by atoms with Gasteiger partial charge >= 0.3 is 11.9 Å². The van der Waals surface area contributed by atoms with E-state index in [1.54, 1.807) is 38.1 Å². The molecule has 0 saturated heterocycles. The van der Waals surface area contributed by atoms with E-state index >= 15 is 0 Å². The van der Waals surface area contributed by atoms with E-state index in [1.165, 1.54) is 6.08 Å². The first-order chi connectivity index (χ1) is 16.1. The fraction of sp³-hybridized carbons (Fsp3) is 0.172. The van der Waals surface area contributed by atoms with E-state index in [0.29, 0.717) is 35.5 Å². The van der Waals surface area contributed by atoms with Gasteiger partial charge in [0.25, 0.3) is 0 Å². The van der Waals surface area contributed by atoms with Crippen LogP contribution < -0.4 is 4.74 Å². The maximum atomic E-state index is 14.8. The number of halogens is 1. The van der Waals surface area contributed by atoms with Crippen LogP contribution in [0.1, 0.15) is 37.0 Å². The number of hydrogen-bond acceptors (Lipinski definition) is 4. The molecule has 0 atom stereocenters. The summed E-state index contributed by atoms with van der Waals surface area (Å²) >= 11 is 0. The summed E-state index contributed by atoms with van der Waals surface area (Å²) in [7, 11) is 0. The number of carbonyl (C=O) groups is 2. The van der Waals surface area contributed by atoms with E-state index in [2.05, 4.69) is 26.3 Å². The molecule has 176 valence electrons. The molecule has 34 heavy (non-hydrogen) atoms. The molecular formula is C29H29FO4. The van der Waals surface area contributed by atoms with Crippen LogP contribution in [0.5, 0.6) is 5.75 Å². The van der Waals surface area contributed by atoms with Crippen LogP contribution in [0.15, 0.2) is 97.9 Å². The first-order valence-electron chi connectivity index (χ1n) is 10.7. The lowest BCUT2D eigenvalue weighted by molar-refractivity contribution is -0.139. The summed E-state index contributed by atoms with van der Waals surface area (Å²) in [6.07, 6.45) is 2.77. The first kappa shape index (κ1) is 26.3. The van der Waals surface area contributed by atoms with Crippen molar-refractivity contribution in [2.24, 2.45) is 0 Å². The van der Waals surface area contributed by atoms with Crippen molar-refractivity contribution in [1.29, 1.82) is 0 Å². The highest BCUT2D eigenvalue weighted by molar-refractivity contribution is 5.89. The first-order valence-corrected chi connectivity index (χ1v) is 10.7. The van der Waals surface area contributed by atoms with Crippen LogP contribution in [0.25, 0.3) is 11.1 Å². The van der Waals surface area contributed by atoms with Gasteiger partial charge in [0.1, 0.15) is 11.6 Å². The van der Waals surface area contributed by atoms with Crippen molar-refractivity contribution in [3.05, 3.63) is 115 Å². The minimum absolute atomic E-state index is 0.194. The second-order valence-corrected chi connectivity index (χ2v) is 7.91. The van der Waals surface area contributed by atoms with Gasteiger partial charge in [-0.25, -0.2) is 14.0 Å². The molecule has 0 saturated carbocycles. The highest BCUT2D eigenvalue weighted by Crippen LogP contribution is 2.27. The molecule has 2 aromatic rings. The highest BCUT2D eigenvalue weighted by atomic mass is 19.1. The molecule has 0 spiro atoms. The molecule has 0 fully saturated rings. The van der Waals surface area contributed by atoms with E-state index in [1.807, 2.05) is 24.3 Å². The predicted molar refractivity (Wildman–Crippen MR) is 135 cm³/mol. The molecule has 0 heterocycles. The third-order valence-corrected chi connectivity index (χ3v) is 4.87. The second kappa shape index (κ2) is 12.3. The van der Waals surface area contributed by atoms with Gasteiger partial charge in [-0.15, -0.1) is 0 Å². The maximum Gasteiger partial charge on any atom is 0.338 e. The molecule has 0 aromatic heterocycles.